The van der Waals surface area contributed by atoms with Crippen molar-refractivity contribution in [3.8, 4) is 0 Å². The predicted molar refractivity (Wildman–Crippen MR) is 76.8 cm³/mol. The maximum absolute atomic E-state index is 13.4. The summed E-state index contributed by atoms with van der Waals surface area (Å²) >= 11 is 0. The van der Waals surface area contributed by atoms with Crippen molar-refractivity contribution in [2.45, 2.75) is 12.3 Å². The van der Waals surface area contributed by atoms with Gasteiger partial charge in [-0.25, -0.2) is 9.59 Å². The van der Waals surface area contributed by atoms with Crippen LogP contribution in [0.1, 0.15) is 5.56 Å². The Morgan fingerprint density at radius 3 is 2.50 bits per heavy atom. The van der Waals surface area contributed by atoms with Gasteiger partial charge in [0.2, 0.25) is 0 Å². The molecule has 2 N–H and O–H groups in total. The predicted octanol–water partition coefficient (Wildman–Crippen LogP) is 1.95. The molecule has 3 rings (SSSR count). The van der Waals surface area contributed by atoms with Crippen molar-refractivity contribution < 1.29 is 32.2 Å². The van der Waals surface area contributed by atoms with Gasteiger partial charge in [0.15, 0.2) is 0 Å². The molecule has 130 valence electrons. The molecule has 1 aromatic carbocycles. The Balaban J connectivity index is 1.99. The van der Waals surface area contributed by atoms with Crippen molar-refractivity contribution >= 4 is 23.6 Å². The fraction of sp³-hybridized carbons (Fsp3) is 0.429. The van der Waals surface area contributed by atoms with Crippen molar-refractivity contribution in [3.63, 3.8) is 0 Å². The maximum atomic E-state index is 13.4. The number of nitrogens with two attached hydrogens (primary N) is 1. The van der Waals surface area contributed by atoms with Crippen LogP contribution in [0.15, 0.2) is 18.2 Å². The number of halogens is 3. The number of hydrogen-bond donors (Lipinski definition) is 1. The molecule has 0 radical (unpaired) electrons. The fourth-order valence-corrected chi connectivity index (χ4v) is 2.62. The minimum atomic E-state index is -4.70. The number of ether oxygens (including phenoxy) is 2. The summed E-state index contributed by atoms with van der Waals surface area (Å²) in [5.74, 6) is 0. The maximum Gasteiger partial charge on any atom is 0.418 e. The van der Waals surface area contributed by atoms with Crippen LogP contribution in [0.3, 0.4) is 0 Å². The lowest BCUT2D eigenvalue weighted by Crippen LogP contribution is -2.29. The zero-order valence-corrected chi connectivity index (χ0v) is 12.4. The van der Waals surface area contributed by atoms with Crippen molar-refractivity contribution in [2.75, 3.05) is 36.0 Å². The Hall–Kier alpha value is -2.49. The molecule has 0 unspecified atom stereocenters. The first-order valence-corrected chi connectivity index (χ1v) is 7.15. The molecular weight excluding hydrogens is 331 g/mol. The second kappa shape index (κ2) is 5.86. The third-order valence-corrected chi connectivity index (χ3v) is 3.79. The lowest BCUT2D eigenvalue weighted by molar-refractivity contribution is -0.137. The minimum absolute atomic E-state index is 0.0223. The third kappa shape index (κ3) is 2.84. The molecule has 0 bridgehead atoms. The standard InChI is InChI=1S/C14H14F3N3O4/c15-14(16,17)10-5-8(20-7-9(6-18)24-13(20)22)1-2-11(10)19-3-4-23-12(19)21/h1-2,5,9H,3-4,6-7,18H2/t9-/m0/s1. The van der Waals surface area contributed by atoms with E-state index in [9.17, 15) is 22.8 Å². The van der Waals surface area contributed by atoms with Crippen LogP contribution in [0, 0.1) is 0 Å². The van der Waals surface area contributed by atoms with Gasteiger partial charge in [-0.05, 0) is 18.2 Å². The molecule has 2 fully saturated rings. The van der Waals surface area contributed by atoms with Gasteiger partial charge in [0.25, 0.3) is 0 Å². The summed E-state index contributed by atoms with van der Waals surface area (Å²) in [5, 5.41) is 0. The van der Waals surface area contributed by atoms with E-state index in [0.717, 1.165) is 21.9 Å². The first kappa shape index (κ1) is 16.4. The van der Waals surface area contributed by atoms with Gasteiger partial charge in [0, 0.05) is 12.2 Å². The number of nitrogens with zero attached hydrogens (tertiary/aromatic N) is 2. The number of carbonyl (C=O) groups excluding carboxylic acids is 2. The number of hydrogen-bond acceptors (Lipinski definition) is 5. The lowest BCUT2D eigenvalue weighted by Gasteiger charge is -2.22. The molecule has 2 saturated heterocycles. The van der Waals surface area contributed by atoms with Crippen LogP contribution in [0.25, 0.3) is 0 Å². The van der Waals surface area contributed by atoms with E-state index in [4.69, 9.17) is 10.5 Å². The van der Waals surface area contributed by atoms with Crippen LogP contribution in [0.2, 0.25) is 0 Å². The largest absolute Gasteiger partial charge is 0.447 e. The average molecular weight is 345 g/mol. The van der Waals surface area contributed by atoms with E-state index in [2.05, 4.69) is 4.74 Å². The van der Waals surface area contributed by atoms with Crippen LogP contribution in [-0.2, 0) is 15.7 Å². The Labute approximate surface area is 134 Å². The van der Waals surface area contributed by atoms with E-state index in [-0.39, 0.29) is 37.6 Å². The highest BCUT2D eigenvalue weighted by molar-refractivity contribution is 5.93. The normalized spacial score (nSPS) is 21.2. The summed E-state index contributed by atoms with van der Waals surface area (Å²) in [7, 11) is 0. The number of anilines is 2. The number of benzene rings is 1. The van der Waals surface area contributed by atoms with E-state index in [0.29, 0.717) is 0 Å². The Morgan fingerprint density at radius 1 is 1.21 bits per heavy atom. The number of rotatable bonds is 3. The Morgan fingerprint density at radius 2 is 1.96 bits per heavy atom. The van der Waals surface area contributed by atoms with Crippen LogP contribution in [0.5, 0.6) is 0 Å². The minimum Gasteiger partial charge on any atom is -0.447 e. The summed E-state index contributed by atoms with van der Waals surface area (Å²) in [4.78, 5) is 25.3. The molecule has 1 aromatic rings. The molecule has 24 heavy (non-hydrogen) atoms. The van der Waals surface area contributed by atoms with E-state index in [1.54, 1.807) is 0 Å². The monoisotopic (exact) mass is 345 g/mol. The molecule has 10 heteroatoms. The number of cyclic esters (lactones) is 2. The van der Waals surface area contributed by atoms with Gasteiger partial charge in [0.1, 0.15) is 12.7 Å². The van der Waals surface area contributed by atoms with Crippen molar-refractivity contribution in [2.24, 2.45) is 5.73 Å². The van der Waals surface area contributed by atoms with Gasteiger partial charge < -0.3 is 15.2 Å². The highest BCUT2D eigenvalue weighted by Crippen LogP contribution is 2.40. The molecule has 0 spiro atoms. The third-order valence-electron chi connectivity index (χ3n) is 3.79. The zero-order valence-electron chi connectivity index (χ0n) is 12.4. The fourth-order valence-electron chi connectivity index (χ4n) is 2.62. The van der Waals surface area contributed by atoms with Gasteiger partial charge in [-0.2, -0.15) is 13.2 Å². The SMILES string of the molecule is NC[C@H]1CN(c2ccc(N3CCOC3=O)c(C(F)(F)F)c2)C(=O)O1. The van der Waals surface area contributed by atoms with Crippen molar-refractivity contribution in [1.82, 2.24) is 0 Å². The van der Waals surface area contributed by atoms with Crippen LogP contribution in [0.4, 0.5) is 34.1 Å². The van der Waals surface area contributed by atoms with Gasteiger partial charge in [0.05, 0.1) is 24.3 Å². The lowest BCUT2D eigenvalue weighted by atomic mass is 10.1. The molecule has 1 atom stereocenters. The van der Waals surface area contributed by atoms with Crippen LogP contribution < -0.4 is 15.5 Å². The Bertz CT molecular complexity index is 680. The van der Waals surface area contributed by atoms with E-state index >= 15 is 0 Å². The topological polar surface area (TPSA) is 85.1 Å². The Kier molecular flexibility index (Phi) is 3.99. The van der Waals surface area contributed by atoms with E-state index in [1.165, 1.54) is 6.07 Å². The van der Waals surface area contributed by atoms with Crippen LogP contribution >= 0.6 is 0 Å². The second-order valence-corrected chi connectivity index (χ2v) is 5.32. The van der Waals surface area contributed by atoms with E-state index < -0.39 is 30.0 Å². The molecule has 0 saturated carbocycles. The highest BCUT2D eigenvalue weighted by atomic mass is 19.4. The van der Waals surface area contributed by atoms with Crippen molar-refractivity contribution in [1.29, 1.82) is 0 Å². The molecule has 0 aromatic heterocycles. The molecule has 2 aliphatic heterocycles. The highest BCUT2D eigenvalue weighted by Gasteiger charge is 2.39. The summed E-state index contributed by atoms with van der Waals surface area (Å²) in [6.45, 7) is 0.195. The number of carbonyl (C=O) groups is 2. The smallest absolute Gasteiger partial charge is 0.418 e. The summed E-state index contributed by atoms with van der Waals surface area (Å²) in [6, 6.07) is 3.30. The first-order valence-electron chi connectivity index (χ1n) is 7.15. The molecule has 0 aliphatic carbocycles. The number of alkyl halides is 3. The molecule has 7 nitrogen and oxygen atoms in total. The van der Waals surface area contributed by atoms with Gasteiger partial charge in [-0.3, -0.25) is 9.80 Å². The molecule has 2 amide bonds. The summed E-state index contributed by atoms with van der Waals surface area (Å²) in [6.07, 6.45) is -6.87. The second-order valence-electron chi connectivity index (χ2n) is 5.32. The summed E-state index contributed by atoms with van der Waals surface area (Å²) in [5.41, 5.74) is 4.11. The number of amides is 2. The quantitative estimate of drug-likeness (QED) is 0.905. The zero-order chi connectivity index (χ0) is 17.5. The first-order chi connectivity index (χ1) is 11.3. The van der Waals surface area contributed by atoms with E-state index in [1.807, 2.05) is 0 Å². The average Bonchev–Trinajstić information content (AvgIpc) is 3.11. The summed E-state index contributed by atoms with van der Waals surface area (Å²) < 4.78 is 49.8. The van der Waals surface area contributed by atoms with Gasteiger partial charge >= 0.3 is 18.4 Å². The molecule has 2 aliphatic rings. The van der Waals surface area contributed by atoms with Crippen LogP contribution in [-0.4, -0.2) is 44.5 Å². The van der Waals surface area contributed by atoms with Crippen molar-refractivity contribution in [3.05, 3.63) is 23.8 Å². The molecular formula is C14H14F3N3O4. The molecule has 2 heterocycles. The van der Waals surface area contributed by atoms with Gasteiger partial charge in [-0.15, -0.1) is 0 Å². The van der Waals surface area contributed by atoms with Gasteiger partial charge in [-0.1, -0.05) is 0 Å².